The highest BCUT2D eigenvalue weighted by atomic mass is 127. The minimum absolute atomic E-state index is 0.0629. The maximum Gasteiger partial charge on any atom is 0.254 e. The van der Waals surface area contributed by atoms with E-state index in [0.29, 0.717) is 16.8 Å². The Balaban J connectivity index is 1.54. The number of allylic oxidation sites excluding steroid dienone is 2. The average molecular weight is 760 g/mol. The minimum Gasteiger partial charge on any atom is -0.508 e. The Kier molecular flexibility index (Phi) is 6.79. The van der Waals surface area contributed by atoms with Crippen molar-refractivity contribution >= 4 is 91.0 Å². The molecule has 0 aromatic heterocycles. The first-order valence-corrected chi connectivity index (χ1v) is 15.5. The van der Waals surface area contributed by atoms with Crippen LogP contribution in [0, 0.1) is 21.3 Å². The molecular weight excluding hydrogens is 738 g/mol. The van der Waals surface area contributed by atoms with Crippen molar-refractivity contribution in [2.45, 2.75) is 28.5 Å². The topological polar surface area (TPSA) is 104 Å². The van der Waals surface area contributed by atoms with Crippen LogP contribution in [0.2, 0.25) is 0 Å². The molecule has 6 rings (SSSR count). The van der Waals surface area contributed by atoms with Crippen molar-refractivity contribution in [3.05, 3.63) is 63.2 Å². The van der Waals surface area contributed by atoms with Crippen molar-refractivity contribution in [2.75, 3.05) is 17.5 Å². The number of amides is 4. The number of phenolic OH excluding ortho intramolecular Hbond substituents is 1. The van der Waals surface area contributed by atoms with Gasteiger partial charge in [-0.1, -0.05) is 33.6 Å². The van der Waals surface area contributed by atoms with Crippen LogP contribution in [0.1, 0.15) is 24.3 Å². The van der Waals surface area contributed by atoms with Gasteiger partial charge in [0.2, 0.25) is 11.8 Å². The number of benzene rings is 2. The van der Waals surface area contributed by atoms with Crippen LogP contribution < -0.4 is 9.64 Å². The molecule has 0 bridgehead atoms. The molecule has 2 saturated heterocycles. The van der Waals surface area contributed by atoms with E-state index in [1.807, 2.05) is 18.2 Å². The number of likely N-dealkylation sites (tertiary alicyclic amines) is 1. The highest BCUT2D eigenvalue weighted by Gasteiger charge is 2.76. The van der Waals surface area contributed by atoms with Gasteiger partial charge >= 0.3 is 0 Å². The van der Waals surface area contributed by atoms with Gasteiger partial charge in [-0.25, -0.2) is 0 Å². The number of hydrogen-bond donors (Lipinski definition) is 1. The molecule has 2 aromatic rings. The van der Waals surface area contributed by atoms with Crippen molar-refractivity contribution in [3.63, 3.8) is 0 Å². The van der Waals surface area contributed by atoms with Crippen LogP contribution in [-0.2, 0) is 19.2 Å². The van der Waals surface area contributed by atoms with E-state index in [1.54, 1.807) is 18.2 Å². The lowest BCUT2D eigenvalue weighted by Gasteiger charge is -2.50. The fourth-order valence-corrected chi connectivity index (χ4v) is 8.66. The van der Waals surface area contributed by atoms with Gasteiger partial charge in [-0.3, -0.25) is 29.0 Å². The number of nitrogens with zero attached hydrogens (tertiary/aromatic N) is 2. The number of rotatable bonds is 4. The third-order valence-corrected chi connectivity index (χ3v) is 11.3. The molecule has 0 radical (unpaired) electrons. The van der Waals surface area contributed by atoms with E-state index in [1.165, 1.54) is 24.1 Å². The molecule has 208 valence electrons. The number of anilines is 1. The quantitative estimate of drug-likeness (QED) is 0.156. The standard InChI is InChI=1S/C28H22BrCl2IN2O6/c1-40-20-10-15(35)6-7-17(20)22-16-8-9-18-21(24(37)34(23(18)36)14-4-2-13(32)3-5-14)19(16)11-27(30)25(38)33(12-29)26(39)28(22,27)31/h2-8,10,18-19,21-22,35H,9,11-12H2,1H3. The summed E-state index contributed by atoms with van der Waals surface area (Å²) in [6, 6.07) is 11.5. The number of carbonyl (C=O) groups is 4. The summed E-state index contributed by atoms with van der Waals surface area (Å²) in [5.74, 6) is -4.90. The van der Waals surface area contributed by atoms with Gasteiger partial charge in [0.1, 0.15) is 11.5 Å². The summed E-state index contributed by atoms with van der Waals surface area (Å²) in [7, 11) is 1.42. The number of methoxy groups -OCH3 is 1. The third-order valence-electron chi connectivity index (χ3n) is 8.63. The molecule has 2 heterocycles. The van der Waals surface area contributed by atoms with Gasteiger partial charge in [0.05, 0.1) is 30.1 Å². The van der Waals surface area contributed by atoms with Crippen LogP contribution >= 0.6 is 61.7 Å². The second-order valence-electron chi connectivity index (χ2n) is 10.4. The molecule has 12 heteroatoms. The molecule has 6 unspecified atom stereocenters. The predicted molar refractivity (Wildman–Crippen MR) is 160 cm³/mol. The summed E-state index contributed by atoms with van der Waals surface area (Å²) in [5.41, 5.74) is 1.46. The first-order valence-electron chi connectivity index (χ1n) is 12.5. The Labute approximate surface area is 261 Å². The Hall–Kier alpha value is -2.15. The smallest absolute Gasteiger partial charge is 0.254 e. The van der Waals surface area contributed by atoms with Crippen LogP contribution in [0.25, 0.3) is 0 Å². The predicted octanol–water partition coefficient (Wildman–Crippen LogP) is 4.92. The molecule has 8 nitrogen and oxygen atoms in total. The van der Waals surface area contributed by atoms with Crippen LogP contribution in [-0.4, -0.2) is 55.9 Å². The summed E-state index contributed by atoms with van der Waals surface area (Å²) < 4.78 is 6.53. The van der Waals surface area contributed by atoms with Gasteiger partial charge in [-0.2, -0.15) is 0 Å². The summed E-state index contributed by atoms with van der Waals surface area (Å²) in [6.45, 7) is 0. The van der Waals surface area contributed by atoms with E-state index in [-0.39, 0.29) is 41.6 Å². The van der Waals surface area contributed by atoms with Crippen LogP contribution in [0.4, 0.5) is 5.69 Å². The van der Waals surface area contributed by atoms with Crippen molar-refractivity contribution in [1.82, 2.24) is 4.90 Å². The third kappa shape index (κ3) is 3.61. The van der Waals surface area contributed by atoms with Crippen LogP contribution in [0.15, 0.2) is 54.1 Å². The Morgan fingerprint density at radius 2 is 1.75 bits per heavy atom. The first kappa shape index (κ1) is 28.0. The highest BCUT2D eigenvalue weighted by molar-refractivity contribution is 14.1. The normalized spacial score (nSPS) is 33.1. The largest absolute Gasteiger partial charge is 0.508 e. The molecule has 6 atom stereocenters. The van der Waals surface area contributed by atoms with E-state index in [0.717, 1.165) is 8.47 Å². The second-order valence-corrected chi connectivity index (χ2v) is 13.4. The second kappa shape index (κ2) is 9.71. The number of aromatic hydroxyl groups is 1. The lowest BCUT2D eigenvalue weighted by atomic mass is 9.56. The Bertz CT molecular complexity index is 1520. The van der Waals surface area contributed by atoms with Gasteiger partial charge < -0.3 is 9.84 Å². The number of halogens is 4. The average Bonchev–Trinajstić information content (AvgIpc) is 3.27. The number of alkyl halides is 3. The molecule has 1 saturated carbocycles. The lowest BCUT2D eigenvalue weighted by molar-refractivity contribution is -0.138. The summed E-state index contributed by atoms with van der Waals surface area (Å²) in [5, 5.41) is 10.1. The van der Waals surface area contributed by atoms with Crippen molar-refractivity contribution in [1.29, 1.82) is 0 Å². The van der Waals surface area contributed by atoms with E-state index < -0.39 is 45.2 Å². The number of fused-ring (bicyclic) bond motifs is 4. The molecule has 1 N–H and O–H groups in total. The zero-order chi connectivity index (χ0) is 28.7. The number of carbonyl (C=O) groups excluding carboxylic acids is 4. The molecule has 3 fully saturated rings. The number of imide groups is 2. The lowest BCUT2D eigenvalue weighted by Crippen LogP contribution is -2.60. The zero-order valence-corrected chi connectivity index (χ0v) is 26.2. The van der Waals surface area contributed by atoms with E-state index in [2.05, 4.69) is 38.5 Å². The summed E-state index contributed by atoms with van der Waals surface area (Å²) in [6.07, 6.45) is 2.02. The fraction of sp³-hybridized carbons (Fsp3) is 0.357. The maximum absolute atomic E-state index is 14.0. The zero-order valence-electron chi connectivity index (χ0n) is 20.9. The molecule has 40 heavy (non-hydrogen) atoms. The summed E-state index contributed by atoms with van der Waals surface area (Å²) >= 11 is 19.8. The van der Waals surface area contributed by atoms with Gasteiger partial charge in [0.15, 0.2) is 9.75 Å². The van der Waals surface area contributed by atoms with Gasteiger partial charge in [-0.05, 0) is 71.7 Å². The van der Waals surface area contributed by atoms with Crippen molar-refractivity contribution in [2.24, 2.45) is 17.8 Å². The number of ether oxygens (including phenoxy) is 1. The van der Waals surface area contributed by atoms with E-state index >= 15 is 0 Å². The van der Waals surface area contributed by atoms with Gasteiger partial charge in [-0.15, -0.1) is 23.2 Å². The van der Waals surface area contributed by atoms with E-state index in [9.17, 15) is 24.3 Å². The summed E-state index contributed by atoms with van der Waals surface area (Å²) in [4.78, 5) is 53.6. The number of phenols is 1. The molecule has 2 aliphatic carbocycles. The highest BCUT2D eigenvalue weighted by Crippen LogP contribution is 2.66. The van der Waals surface area contributed by atoms with E-state index in [4.69, 9.17) is 27.9 Å². The first-order chi connectivity index (χ1) is 19.0. The molecule has 0 spiro atoms. The fourth-order valence-electron chi connectivity index (χ4n) is 6.88. The molecular formula is C28H22BrCl2IN2O6. The molecule has 2 aliphatic heterocycles. The maximum atomic E-state index is 14.0. The van der Waals surface area contributed by atoms with Crippen molar-refractivity contribution < 1.29 is 29.0 Å². The van der Waals surface area contributed by atoms with Crippen LogP contribution in [0.5, 0.6) is 11.5 Å². The minimum atomic E-state index is -1.94. The van der Waals surface area contributed by atoms with Gasteiger partial charge in [0, 0.05) is 21.1 Å². The number of hydrogen-bond acceptors (Lipinski definition) is 6. The SMILES string of the molecule is COc1cc(O)ccc1C1C2=CCC3C(=O)N(c4ccc(I)cc4)C(=O)C3C2CC2(Cl)C(=O)N(CBr)C(=O)C12Cl. The monoisotopic (exact) mass is 758 g/mol. The van der Waals surface area contributed by atoms with Crippen LogP contribution in [0.3, 0.4) is 0 Å². The Morgan fingerprint density at radius 1 is 1.05 bits per heavy atom. The molecule has 2 aromatic carbocycles. The van der Waals surface area contributed by atoms with Gasteiger partial charge in [0.25, 0.3) is 11.8 Å². The van der Waals surface area contributed by atoms with Crippen molar-refractivity contribution in [3.8, 4) is 11.5 Å². The Morgan fingerprint density at radius 3 is 2.40 bits per heavy atom. The molecule has 4 aliphatic rings. The molecule has 4 amide bonds.